The van der Waals surface area contributed by atoms with Crippen LogP contribution in [0.5, 0.6) is 0 Å². The molecule has 0 rings (SSSR count). The van der Waals surface area contributed by atoms with E-state index in [0.717, 1.165) is 0 Å². The van der Waals surface area contributed by atoms with Crippen LogP contribution in [-0.4, -0.2) is 30.6 Å². The molecule has 0 bridgehead atoms. The summed E-state index contributed by atoms with van der Waals surface area (Å²) in [6.45, 7) is 2.73. The second-order valence-corrected chi connectivity index (χ2v) is 3.01. The number of aliphatic hydroxyl groups excluding tert-OH is 1. The summed E-state index contributed by atoms with van der Waals surface area (Å²) >= 11 is 0. The summed E-state index contributed by atoms with van der Waals surface area (Å²) < 4.78 is 4.44. The van der Waals surface area contributed by atoms with E-state index in [4.69, 9.17) is 5.11 Å². The van der Waals surface area contributed by atoms with Crippen molar-refractivity contribution < 1.29 is 19.4 Å². The third-order valence-electron chi connectivity index (χ3n) is 1.73. The van der Waals surface area contributed by atoms with Gasteiger partial charge in [-0.05, 0) is 13.8 Å². The third kappa shape index (κ3) is 2.91. The van der Waals surface area contributed by atoms with Gasteiger partial charge in [0.25, 0.3) is 0 Å². The topological polar surface area (TPSA) is 63.6 Å². The maximum atomic E-state index is 11.2. The Morgan fingerprint density at radius 2 is 1.85 bits per heavy atom. The first-order chi connectivity index (χ1) is 5.46. The Labute approximate surface area is 71.5 Å². The van der Waals surface area contributed by atoms with Gasteiger partial charge in [0.15, 0.2) is 5.78 Å². The van der Waals surface area contributed by atoms with E-state index in [1.54, 1.807) is 0 Å². The molecule has 72 valence electrons. The molecule has 0 aliphatic heterocycles. The van der Waals surface area contributed by atoms with Crippen LogP contribution >= 0.6 is 0 Å². The van der Waals surface area contributed by atoms with Crippen molar-refractivity contribution in [3.63, 3.8) is 0 Å². The monoisotopic (exact) mass is 445 g/mol. The van der Waals surface area contributed by atoms with E-state index < -0.39 is 11.4 Å². The van der Waals surface area contributed by atoms with Gasteiger partial charge in [-0.1, -0.05) is 0 Å². The van der Waals surface area contributed by atoms with Crippen molar-refractivity contribution >= 4 is 11.8 Å². The van der Waals surface area contributed by atoms with Gasteiger partial charge in [-0.25, -0.2) is 0 Å². The molecule has 5 heteroatoms. The predicted octanol–water partition coefficient (Wildman–Crippen LogP) is 0.137. The zero-order valence-corrected chi connectivity index (χ0v) is 14.8. The summed E-state index contributed by atoms with van der Waals surface area (Å²) in [6, 6.07) is 0. The van der Waals surface area contributed by atoms with Gasteiger partial charge in [-0.15, -0.1) is 0 Å². The van der Waals surface area contributed by atoms with Crippen molar-refractivity contribution in [2.24, 2.45) is 5.41 Å². The molecule has 0 saturated carbocycles. The van der Waals surface area contributed by atoms with Gasteiger partial charge in [-0.2, -0.15) is 0 Å². The first-order valence-corrected chi connectivity index (χ1v) is 3.69. The van der Waals surface area contributed by atoms with Crippen molar-refractivity contribution in [3.8, 4) is 0 Å². The van der Waals surface area contributed by atoms with E-state index >= 15 is 0 Å². The molecule has 0 aromatic rings. The minimum absolute atomic E-state index is 0. The molecule has 0 radical (unpaired) electrons. The number of carbonyl (C=O) groups excluding carboxylic acids is 2. The first-order valence-electron chi connectivity index (χ1n) is 3.69. The Balaban J connectivity index is 0. The predicted molar refractivity (Wildman–Crippen MR) is 42.5 cm³/mol. The van der Waals surface area contributed by atoms with Crippen LogP contribution in [0.4, 0.5) is 0 Å². The van der Waals surface area contributed by atoms with Gasteiger partial charge in [0.05, 0.1) is 7.11 Å². The van der Waals surface area contributed by atoms with E-state index in [2.05, 4.69) is 4.74 Å². The molecule has 0 aliphatic carbocycles. The van der Waals surface area contributed by atoms with E-state index in [-0.39, 0.29) is 18.8 Å². The van der Waals surface area contributed by atoms with E-state index in [9.17, 15) is 9.59 Å². The summed E-state index contributed by atoms with van der Waals surface area (Å²) in [7, 11) is 1.23. The van der Waals surface area contributed by atoms with Gasteiger partial charge < -0.3 is 9.84 Å². The summed E-state index contributed by atoms with van der Waals surface area (Å²) in [6.07, 6.45) is -0.0118. The van der Waals surface area contributed by atoms with Crippen molar-refractivity contribution in [3.05, 3.63) is 0 Å². The van der Waals surface area contributed by atoms with Crippen LogP contribution in [0.1, 0.15) is 20.3 Å². The van der Waals surface area contributed by atoms with Crippen LogP contribution in [0.2, 0.25) is 0 Å². The van der Waals surface area contributed by atoms with Crippen molar-refractivity contribution in [2.45, 2.75) is 20.3 Å². The van der Waals surface area contributed by atoms with E-state index in [1.807, 2.05) is 0 Å². The molecule has 0 fully saturated rings. The van der Waals surface area contributed by atoms with Crippen LogP contribution in [-0.2, 0) is 14.3 Å². The van der Waals surface area contributed by atoms with Gasteiger partial charge in [0.1, 0.15) is 5.41 Å². The van der Waals surface area contributed by atoms with Gasteiger partial charge >= 0.3 is 5.97 Å². The molecule has 0 aromatic carbocycles. The quantitative estimate of drug-likeness (QED) is 0.496. The maximum absolute atomic E-state index is 11.2. The number of methoxy groups -OCH3 is 1. The average molecular weight is 443 g/mol. The van der Waals surface area contributed by atoms with Gasteiger partial charge in [-0.3, -0.25) is 9.59 Å². The summed E-state index contributed by atoms with van der Waals surface area (Å²) in [4.78, 5) is 22.2. The SMILES string of the molecule is COC(=O)C(C)(C)C(=O)CCO.[Sg]. The number of aliphatic hydroxyl groups is 1. The van der Waals surface area contributed by atoms with Crippen molar-refractivity contribution in [2.75, 3.05) is 13.7 Å². The first kappa shape index (κ1) is 13.7. The van der Waals surface area contributed by atoms with E-state index in [1.165, 1.54) is 21.0 Å². The van der Waals surface area contributed by atoms with Crippen molar-refractivity contribution in [1.29, 1.82) is 0 Å². The number of Topliss-reactive ketones (excluding diaryl/α,β-unsaturated/α-hetero) is 1. The fraction of sp³-hybridized carbons (Fsp3) is 0.750. The third-order valence-corrected chi connectivity index (χ3v) is 1.73. The van der Waals surface area contributed by atoms with Gasteiger partial charge in [0.2, 0.25) is 0 Å². The molecule has 0 aromatic heterocycles. The number of carbonyl (C=O) groups is 2. The number of ether oxygens (including phenoxy) is 1. The molecular weight excluding hydrogens is 429 g/mol. The second-order valence-electron chi connectivity index (χ2n) is 3.01. The molecule has 13 heavy (non-hydrogen) atoms. The molecule has 0 unspecified atom stereocenters. The molecule has 4 nitrogen and oxygen atoms in total. The average Bonchev–Trinajstić information content (AvgIpc) is 2.03. The zero-order chi connectivity index (χ0) is 9.78. The maximum Gasteiger partial charge on any atom is 0.318 e. The fourth-order valence-electron chi connectivity index (χ4n) is 0.783. The molecule has 0 atom stereocenters. The summed E-state index contributed by atoms with van der Waals surface area (Å²) in [5.41, 5.74) is -1.14. The molecule has 0 amide bonds. The Morgan fingerprint density at radius 1 is 1.38 bits per heavy atom. The minimum Gasteiger partial charge on any atom is -0.468 e. The standard InChI is InChI=1S/C8H14O4.Sg/c1-8(2,7(11)12-3)6(10)4-5-9;/h9H,4-5H2,1-3H3;. The fourth-order valence-corrected chi connectivity index (χ4v) is 0.783. The number of esters is 1. The molecule has 0 heterocycles. The van der Waals surface area contributed by atoms with Gasteiger partial charge in [0, 0.05) is 13.0 Å². The van der Waals surface area contributed by atoms with Crippen LogP contribution in [0.15, 0.2) is 0 Å². The Morgan fingerprint density at radius 3 is 2.15 bits per heavy atom. The molecule has 1 N–H and O–H groups in total. The second kappa shape index (κ2) is 4.87. The summed E-state index contributed by atoms with van der Waals surface area (Å²) in [5.74, 6) is -0.877. The number of rotatable bonds is 4. The van der Waals surface area contributed by atoms with Crippen LogP contribution in [0.3, 0.4) is 0 Å². The minimum atomic E-state index is -1.14. The number of hydrogen-bond donors (Lipinski definition) is 1. The van der Waals surface area contributed by atoms with Crippen LogP contribution < -0.4 is 0 Å². The molecule has 0 aliphatic rings. The summed E-state index contributed by atoms with van der Waals surface area (Å²) in [5, 5.41) is 8.48. The number of ketones is 1. The van der Waals surface area contributed by atoms with Crippen molar-refractivity contribution in [1.82, 2.24) is 0 Å². The van der Waals surface area contributed by atoms with E-state index in [0.29, 0.717) is 0 Å². The number of hydrogen-bond acceptors (Lipinski definition) is 4. The largest absolute Gasteiger partial charge is 0.468 e. The molecular formula is C8H14O4Sg. The Bertz CT molecular complexity index is 189. The smallest absolute Gasteiger partial charge is 0.318 e. The molecule has 0 spiro atoms. The van der Waals surface area contributed by atoms with Crippen LogP contribution in [0, 0.1) is 5.41 Å². The normalized spacial score (nSPS) is 10.2. The van der Waals surface area contributed by atoms with Crippen LogP contribution in [0.25, 0.3) is 0 Å². The Hall–Kier alpha value is -1.90. The zero-order valence-electron chi connectivity index (χ0n) is 8.29. The molecule has 0 saturated heterocycles. The Kier molecular flexibility index (Phi) is 5.13.